The topological polar surface area (TPSA) is 84.7 Å². The van der Waals surface area contributed by atoms with E-state index in [9.17, 15) is 4.79 Å². The molecule has 2 rings (SSSR count). The van der Waals surface area contributed by atoms with Gasteiger partial charge in [-0.3, -0.25) is 4.79 Å². The van der Waals surface area contributed by atoms with Gasteiger partial charge in [0.2, 0.25) is 0 Å². The second-order valence-electron chi connectivity index (χ2n) is 3.61. The van der Waals surface area contributed by atoms with Crippen LogP contribution in [0.15, 0.2) is 45.2 Å². The molecule has 1 aromatic heterocycles. The Balaban J connectivity index is 2.37. The lowest BCUT2D eigenvalue weighted by Gasteiger charge is -2.05. The van der Waals surface area contributed by atoms with E-state index in [0.717, 1.165) is 4.90 Å². The monoisotopic (exact) mass is 258 g/mol. The predicted octanol–water partition coefficient (Wildman–Crippen LogP) is 1.39. The maximum atomic E-state index is 11.9. The van der Waals surface area contributed by atoms with Crippen molar-refractivity contribution in [1.29, 1.82) is 5.26 Å². The highest BCUT2D eigenvalue weighted by atomic mass is 32.2. The van der Waals surface area contributed by atoms with Gasteiger partial charge in [-0.15, -0.1) is 0 Å². The van der Waals surface area contributed by atoms with E-state index in [4.69, 9.17) is 11.0 Å². The third-order valence-electron chi connectivity index (χ3n) is 2.32. The van der Waals surface area contributed by atoms with Crippen LogP contribution in [0.3, 0.4) is 0 Å². The van der Waals surface area contributed by atoms with E-state index in [1.165, 1.54) is 22.7 Å². The Labute approximate surface area is 108 Å². The molecule has 5 nitrogen and oxygen atoms in total. The number of nitrogen functional groups attached to an aromatic ring is 1. The van der Waals surface area contributed by atoms with E-state index in [1.54, 1.807) is 31.3 Å². The molecule has 0 aliphatic carbocycles. The number of nitrogens with two attached hydrogens (primary N) is 1. The Morgan fingerprint density at radius 1 is 1.39 bits per heavy atom. The summed E-state index contributed by atoms with van der Waals surface area (Å²) in [5.74, 6) is 0.215. The maximum Gasteiger partial charge on any atom is 0.269 e. The number of benzene rings is 1. The Bertz CT molecular complexity index is 670. The highest BCUT2D eigenvalue weighted by molar-refractivity contribution is 7.99. The molecule has 2 N–H and O–H groups in total. The molecule has 2 aromatic rings. The molecule has 0 saturated carbocycles. The fraction of sp³-hybridized carbons (Fsp3) is 0.0833. The van der Waals surface area contributed by atoms with Crippen LogP contribution in [-0.4, -0.2) is 9.55 Å². The molecule has 0 amide bonds. The van der Waals surface area contributed by atoms with Crippen molar-refractivity contribution in [3.05, 3.63) is 46.5 Å². The van der Waals surface area contributed by atoms with Gasteiger partial charge in [0, 0.05) is 11.9 Å². The zero-order chi connectivity index (χ0) is 13.1. The van der Waals surface area contributed by atoms with Gasteiger partial charge in [0.25, 0.3) is 5.56 Å². The lowest BCUT2D eigenvalue weighted by Crippen LogP contribution is -2.20. The van der Waals surface area contributed by atoms with Crippen LogP contribution < -0.4 is 11.3 Å². The number of aromatic nitrogens is 2. The van der Waals surface area contributed by atoms with Crippen LogP contribution in [0.2, 0.25) is 0 Å². The minimum Gasteiger partial charge on any atom is -0.383 e. The lowest BCUT2D eigenvalue weighted by molar-refractivity contribution is 0.798. The van der Waals surface area contributed by atoms with Gasteiger partial charge >= 0.3 is 0 Å². The van der Waals surface area contributed by atoms with E-state index in [-0.39, 0.29) is 11.4 Å². The van der Waals surface area contributed by atoms with E-state index in [1.807, 2.05) is 6.07 Å². The normalized spacial score (nSPS) is 10.0. The second-order valence-corrected chi connectivity index (χ2v) is 4.70. The van der Waals surface area contributed by atoms with Crippen LogP contribution in [0, 0.1) is 11.3 Å². The predicted molar refractivity (Wildman–Crippen MR) is 69.2 cm³/mol. The van der Waals surface area contributed by atoms with Crippen molar-refractivity contribution >= 4 is 17.6 Å². The van der Waals surface area contributed by atoms with Crippen LogP contribution in [-0.2, 0) is 7.05 Å². The lowest BCUT2D eigenvalue weighted by atomic mass is 10.2. The summed E-state index contributed by atoms with van der Waals surface area (Å²) in [4.78, 5) is 17.1. The fourth-order valence-corrected chi connectivity index (χ4v) is 2.24. The first-order valence-electron chi connectivity index (χ1n) is 5.11. The van der Waals surface area contributed by atoms with Crippen molar-refractivity contribution in [2.24, 2.45) is 7.05 Å². The standard InChI is InChI=1S/C12H10N4OS/c1-16-7-15-11(14)10(12(16)17)18-9-4-2-8(6-13)3-5-9/h2-5,7H,14H2,1H3. The van der Waals surface area contributed by atoms with E-state index >= 15 is 0 Å². The second kappa shape index (κ2) is 4.94. The van der Waals surface area contributed by atoms with Crippen LogP contribution in [0.4, 0.5) is 5.82 Å². The van der Waals surface area contributed by atoms with Gasteiger partial charge in [0.05, 0.1) is 18.0 Å². The summed E-state index contributed by atoms with van der Waals surface area (Å²) < 4.78 is 1.38. The third kappa shape index (κ3) is 2.36. The molecule has 0 unspecified atom stereocenters. The molecule has 0 atom stereocenters. The smallest absolute Gasteiger partial charge is 0.269 e. The molecule has 1 heterocycles. The number of nitriles is 1. The zero-order valence-electron chi connectivity index (χ0n) is 9.62. The van der Waals surface area contributed by atoms with Crippen LogP contribution in [0.25, 0.3) is 0 Å². The van der Waals surface area contributed by atoms with Crippen molar-refractivity contribution in [3.8, 4) is 6.07 Å². The molecule has 0 aliphatic rings. The van der Waals surface area contributed by atoms with Crippen molar-refractivity contribution in [3.63, 3.8) is 0 Å². The largest absolute Gasteiger partial charge is 0.383 e. The van der Waals surface area contributed by atoms with E-state index in [2.05, 4.69) is 4.98 Å². The van der Waals surface area contributed by atoms with Gasteiger partial charge in [0.1, 0.15) is 10.7 Å². The molecule has 1 aromatic carbocycles. The SMILES string of the molecule is Cn1cnc(N)c(Sc2ccc(C#N)cc2)c1=O. The molecule has 90 valence electrons. The van der Waals surface area contributed by atoms with Crippen LogP contribution in [0.5, 0.6) is 0 Å². The van der Waals surface area contributed by atoms with Gasteiger partial charge in [-0.25, -0.2) is 4.98 Å². The van der Waals surface area contributed by atoms with Gasteiger partial charge in [-0.2, -0.15) is 5.26 Å². The first-order chi connectivity index (χ1) is 8.61. The van der Waals surface area contributed by atoms with Crippen molar-refractivity contribution in [2.75, 3.05) is 5.73 Å². The zero-order valence-corrected chi connectivity index (χ0v) is 10.4. The molecule has 0 fully saturated rings. The Kier molecular flexibility index (Phi) is 3.35. The molecule has 0 saturated heterocycles. The summed E-state index contributed by atoms with van der Waals surface area (Å²) in [5, 5.41) is 8.70. The first kappa shape index (κ1) is 12.2. The van der Waals surface area contributed by atoms with Crippen molar-refractivity contribution < 1.29 is 0 Å². The summed E-state index contributed by atoms with van der Waals surface area (Å²) >= 11 is 1.24. The van der Waals surface area contributed by atoms with Crippen LogP contribution in [0.1, 0.15) is 5.56 Å². The summed E-state index contributed by atoms with van der Waals surface area (Å²) in [6.45, 7) is 0. The average Bonchev–Trinajstić information content (AvgIpc) is 2.40. The number of nitrogens with zero attached hydrogens (tertiary/aromatic N) is 3. The highest BCUT2D eigenvalue weighted by Gasteiger charge is 2.09. The van der Waals surface area contributed by atoms with Gasteiger partial charge in [-0.05, 0) is 24.3 Å². The number of rotatable bonds is 2. The Morgan fingerprint density at radius 2 is 2.06 bits per heavy atom. The molecule has 0 spiro atoms. The molecule has 0 aliphatic heterocycles. The van der Waals surface area contributed by atoms with Gasteiger partial charge in [0.15, 0.2) is 0 Å². The first-order valence-corrected chi connectivity index (χ1v) is 5.92. The molecule has 0 radical (unpaired) electrons. The minimum absolute atomic E-state index is 0.183. The highest BCUT2D eigenvalue weighted by Crippen LogP contribution is 2.27. The van der Waals surface area contributed by atoms with Crippen molar-refractivity contribution in [1.82, 2.24) is 9.55 Å². The number of hydrogen-bond acceptors (Lipinski definition) is 5. The Morgan fingerprint density at radius 3 is 2.67 bits per heavy atom. The van der Waals surface area contributed by atoms with Crippen LogP contribution >= 0.6 is 11.8 Å². The Hall–Kier alpha value is -2.26. The van der Waals surface area contributed by atoms with E-state index in [0.29, 0.717) is 10.5 Å². The summed E-state index contributed by atoms with van der Waals surface area (Å²) in [6, 6.07) is 8.97. The van der Waals surface area contributed by atoms with E-state index < -0.39 is 0 Å². The van der Waals surface area contributed by atoms with Gasteiger partial charge < -0.3 is 10.3 Å². The number of aryl methyl sites for hydroxylation is 1. The quantitative estimate of drug-likeness (QED) is 0.879. The fourth-order valence-electron chi connectivity index (χ4n) is 1.34. The van der Waals surface area contributed by atoms with Gasteiger partial charge in [-0.1, -0.05) is 11.8 Å². The molecule has 18 heavy (non-hydrogen) atoms. The number of anilines is 1. The summed E-state index contributed by atoms with van der Waals surface area (Å²) in [7, 11) is 1.62. The molecular formula is C12H10N4OS. The average molecular weight is 258 g/mol. The third-order valence-corrected chi connectivity index (χ3v) is 3.42. The summed E-state index contributed by atoms with van der Waals surface area (Å²) in [6.07, 6.45) is 1.39. The molecular weight excluding hydrogens is 248 g/mol. The summed E-state index contributed by atoms with van der Waals surface area (Å²) in [5.41, 5.74) is 6.09. The molecule has 6 heteroatoms. The maximum absolute atomic E-state index is 11.9. The molecule has 0 bridgehead atoms. The minimum atomic E-state index is -0.183. The van der Waals surface area contributed by atoms with Crippen molar-refractivity contribution in [2.45, 2.75) is 9.79 Å². The number of hydrogen-bond donors (Lipinski definition) is 1.